The average Bonchev–Trinajstić information content (AvgIpc) is 3.52. The predicted molar refractivity (Wildman–Crippen MR) is 167 cm³/mol. The van der Waals surface area contributed by atoms with Crippen LogP contribution in [0.3, 0.4) is 0 Å². The molecule has 9 nitrogen and oxygen atoms in total. The van der Waals surface area contributed by atoms with Crippen LogP contribution < -0.4 is 15.0 Å². The molecule has 1 aromatic heterocycles. The largest absolute Gasteiger partial charge is 0.507 e. The van der Waals surface area contributed by atoms with Crippen LogP contribution in [0.1, 0.15) is 43.4 Å². The van der Waals surface area contributed by atoms with E-state index in [-0.39, 0.29) is 42.6 Å². The smallest absolute Gasteiger partial charge is 0.339 e. The molecular weight excluding hydrogens is 578 g/mol. The Bertz CT molecular complexity index is 1740. The minimum absolute atomic E-state index is 0.0261. The number of hydrogen-bond donors (Lipinski definition) is 3. The Morgan fingerprint density at radius 1 is 0.841 bits per heavy atom. The van der Waals surface area contributed by atoms with Crippen LogP contribution in [-0.4, -0.2) is 33.0 Å². The monoisotopic (exact) mass is 607 g/mol. The van der Waals surface area contributed by atoms with Gasteiger partial charge in [0.05, 0.1) is 6.54 Å². The number of para-hydroxylation sites is 1. The fraction of sp³-hybridized carbons (Fsp3) is 0.118. The van der Waals surface area contributed by atoms with E-state index in [1.807, 2.05) is 84.9 Å². The summed E-state index contributed by atoms with van der Waals surface area (Å²) in [5.74, 6) is -0.912. The molecular formula is C34H29N3O6S. The number of nitrogens with one attached hydrogen (secondary N) is 1. The first kappa shape index (κ1) is 30.0. The number of carbonyl (C=O) groups is 3. The van der Waals surface area contributed by atoms with Gasteiger partial charge in [-0.2, -0.15) is 0 Å². The molecule has 0 atom stereocenters. The van der Waals surface area contributed by atoms with Crippen LogP contribution >= 0.6 is 11.3 Å². The highest BCUT2D eigenvalue weighted by Gasteiger charge is 2.22. The van der Waals surface area contributed by atoms with Crippen molar-refractivity contribution in [1.29, 1.82) is 0 Å². The number of aromatic nitrogens is 1. The number of aryl methyl sites for hydroxylation is 1. The zero-order chi connectivity index (χ0) is 30.9. The van der Waals surface area contributed by atoms with Gasteiger partial charge in [-0.25, -0.2) is 9.78 Å². The highest BCUT2D eigenvalue weighted by atomic mass is 32.1. The minimum Gasteiger partial charge on any atom is -0.507 e. The molecule has 5 rings (SSSR count). The number of amides is 2. The summed E-state index contributed by atoms with van der Waals surface area (Å²) < 4.78 is 5.81. The second-order valence-electron chi connectivity index (χ2n) is 9.84. The number of phenols is 1. The van der Waals surface area contributed by atoms with Crippen molar-refractivity contribution in [2.24, 2.45) is 0 Å². The van der Waals surface area contributed by atoms with Crippen molar-refractivity contribution < 1.29 is 29.3 Å². The molecule has 0 aliphatic rings. The normalized spacial score (nSPS) is 10.6. The highest BCUT2D eigenvalue weighted by Crippen LogP contribution is 2.27. The number of benzene rings is 4. The number of carbonyl (C=O) groups excluding carboxylic acids is 2. The first-order valence-electron chi connectivity index (χ1n) is 13.8. The molecule has 0 bridgehead atoms. The Morgan fingerprint density at radius 2 is 1.52 bits per heavy atom. The number of thiazole rings is 1. The summed E-state index contributed by atoms with van der Waals surface area (Å²) in [5, 5.41) is 24.5. The van der Waals surface area contributed by atoms with Crippen molar-refractivity contribution >= 4 is 34.8 Å². The summed E-state index contributed by atoms with van der Waals surface area (Å²) in [6.07, 6.45) is 0.659. The van der Waals surface area contributed by atoms with Crippen LogP contribution in [0.4, 0.5) is 5.69 Å². The number of aromatic hydroxyl groups is 1. The topological polar surface area (TPSA) is 129 Å². The van der Waals surface area contributed by atoms with E-state index in [2.05, 4.69) is 10.3 Å². The molecule has 44 heavy (non-hydrogen) atoms. The third kappa shape index (κ3) is 7.87. The molecule has 0 saturated heterocycles. The SMILES string of the molecule is O=C(NCc1ccc(Oc2ccccc2)cc1)c1csc(CN(C(=O)CCc2ccccc2)c2ccc(O)c(C(=O)O)c2)n1. The van der Waals surface area contributed by atoms with Crippen LogP contribution in [0.25, 0.3) is 0 Å². The number of ether oxygens (including phenoxy) is 1. The Balaban J connectivity index is 1.24. The lowest BCUT2D eigenvalue weighted by Crippen LogP contribution is -2.31. The second-order valence-corrected chi connectivity index (χ2v) is 10.8. The third-order valence-electron chi connectivity index (χ3n) is 6.73. The van der Waals surface area contributed by atoms with Gasteiger partial charge in [-0.3, -0.25) is 9.59 Å². The van der Waals surface area contributed by atoms with Gasteiger partial charge in [0.25, 0.3) is 5.91 Å². The average molecular weight is 608 g/mol. The van der Waals surface area contributed by atoms with Crippen molar-refractivity contribution in [3.63, 3.8) is 0 Å². The van der Waals surface area contributed by atoms with Gasteiger partial charge >= 0.3 is 5.97 Å². The maximum Gasteiger partial charge on any atom is 0.339 e. The van der Waals surface area contributed by atoms with Crippen molar-refractivity contribution in [3.8, 4) is 17.2 Å². The number of aromatic carboxylic acids is 1. The zero-order valence-corrected chi connectivity index (χ0v) is 24.4. The van der Waals surface area contributed by atoms with Crippen molar-refractivity contribution in [2.45, 2.75) is 25.9 Å². The van der Waals surface area contributed by atoms with E-state index in [0.717, 1.165) is 16.9 Å². The van der Waals surface area contributed by atoms with Crippen molar-refractivity contribution in [2.75, 3.05) is 4.90 Å². The van der Waals surface area contributed by atoms with Crippen LogP contribution in [-0.2, 0) is 24.3 Å². The second kappa shape index (κ2) is 14.1. The van der Waals surface area contributed by atoms with Crippen molar-refractivity contribution in [1.82, 2.24) is 10.3 Å². The van der Waals surface area contributed by atoms with E-state index in [1.54, 1.807) is 5.38 Å². The molecule has 3 N–H and O–H groups in total. The summed E-state index contributed by atoms with van der Waals surface area (Å²) in [7, 11) is 0. The minimum atomic E-state index is -1.31. The lowest BCUT2D eigenvalue weighted by atomic mass is 10.1. The Hall–Kier alpha value is -5.48. The molecule has 1 heterocycles. The van der Waals surface area contributed by atoms with E-state index < -0.39 is 11.7 Å². The Kier molecular flexibility index (Phi) is 9.63. The summed E-state index contributed by atoms with van der Waals surface area (Å²) >= 11 is 1.22. The van der Waals surface area contributed by atoms with Gasteiger partial charge in [0.1, 0.15) is 33.5 Å². The summed E-state index contributed by atoms with van der Waals surface area (Å²) in [6, 6.07) is 30.4. The molecule has 0 aliphatic carbocycles. The standard InChI is InChI=1S/C34H29N3O6S/c38-30-17-14-25(19-28(30)34(41)42)37(32(39)18-13-23-7-3-1-4-8-23)21-31-36-29(22-44-31)33(40)35-20-24-11-15-27(16-12-24)43-26-9-5-2-6-10-26/h1-12,14-17,19,22,38H,13,18,20-21H2,(H,35,40)(H,41,42). The van der Waals surface area contributed by atoms with Gasteiger partial charge in [-0.05, 0) is 60.0 Å². The van der Waals surface area contributed by atoms with E-state index in [9.17, 15) is 24.6 Å². The van der Waals surface area contributed by atoms with Crippen LogP contribution in [0.5, 0.6) is 17.2 Å². The molecule has 0 spiro atoms. The van der Waals surface area contributed by atoms with Crippen LogP contribution in [0, 0.1) is 0 Å². The first-order chi connectivity index (χ1) is 21.4. The summed E-state index contributed by atoms with van der Waals surface area (Å²) in [5.41, 5.74) is 2.07. The number of nitrogens with zero attached hydrogens (tertiary/aromatic N) is 2. The zero-order valence-electron chi connectivity index (χ0n) is 23.6. The first-order valence-corrected chi connectivity index (χ1v) is 14.7. The van der Waals surface area contributed by atoms with Gasteiger partial charge in [0.15, 0.2) is 0 Å². The van der Waals surface area contributed by atoms with E-state index in [4.69, 9.17) is 4.74 Å². The number of anilines is 1. The maximum absolute atomic E-state index is 13.4. The Labute approximate surface area is 258 Å². The van der Waals surface area contributed by atoms with E-state index in [0.29, 0.717) is 22.9 Å². The van der Waals surface area contributed by atoms with Crippen molar-refractivity contribution in [3.05, 3.63) is 136 Å². The molecule has 0 unspecified atom stereocenters. The van der Waals surface area contributed by atoms with Gasteiger partial charge in [-0.15, -0.1) is 11.3 Å². The van der Waals surface area contributed by atoms with Gasteiger partial charge in [0.2, 0.25) is 5.91 Å². The molecule has 5 aromatic rings. The predicted octanol–water partition coefficient (Wildman–Crippen LogP) is 6.44. The molecule has 0 aliphatic heterocycles. The molecule has 0 saturated carbocycles. The number of carboxylic acids is 1. The maximum atomic E-state index is 13.4. The van der Waals surface area contributed by atoms with E-state index >= 15 is 0 Å². The molecule has 0 fully saturated rings. The number of rotatable bonds is 12. The molecule has 4 aromatic carbocycles. The highest BCUT2D eigenvalue weighted by molar-refractivity contribution is 7.09. The summed E-state index contributed by atoms with van der Waals surface area (Å²) in [4.78, 5) is 43.8. The molecule has 2 amide bonds. The van der Waals surface area contributed by atoms with Gasteiger partial charge < -0.3 is 25.2 Å². The van der Waals surface area contributed by atoms with Crippen LogP contribution in [0.2, 0.25) is 0 Å². The van der Waals surface area contributed by atoms with Gasteiger partial charge in [-0.1, -0.05) is 60.7 Å². The fourth-order valence-electron chi connectivity index (χ4n) is 4.41. The molecule has 10 heteroatoms. The molecule has 0 radical (unpaired) electrons. The number of hydrogen-bond acceptors (Lipinski definition) is 7. The number of carboxylic acid groups (broad SMARTS) is 1. The van der Waals surface area contributed by atoms with Gasteiger partial charge in [0, 0.05) is 24.0 Å². The van der Waals surface area contributed by atoms with E-state index in [1.165, 1.54) is 34.4 Å². The quantitative estimate of drug-likeness (QED) is 0.149. The summed E-state index contributed by atoms with van der Waals surface area (Å²) in [6.45, 7) is 0.311. The van der Waals surface area contributed by atoms with Crippen LogP contribution in [0.15, 0.2) is 109 Å². The lowest BCUT2D eigenvalue weighted by Gasteiger charge is -2.22. The lowest BCUT2D eigenvalue weighted by molar-refractivity contribution is -0.118. The molecule has 222 valence electrons. The third-order valence-corrected chi connectivity index (χ3v) is 7.56. The Morgan fingerprint density at radius 3 is 2.23 bits per heavy atom. The fourth-order valence-corrected chi connectivity index (χ4v) is 5.18.